The molecule has 0 spiro atoms. The van der Waals surface area contributed by atoms with Crippen molar-refractivity contribution in [1.29, 1.82) is 0 Å². The molecule has 3 atom stereocenters. The van der Waals surface area contributed by atoms with E-state index < -0.39 is 0 Å². The van der Waals surface area contributed by atoms with Crippen molar-refractivity contribution in [2.24, 2.45) is 5.92 Å². The molecule has 1 heterocycles. The Morgan fingerprint density at radius 1 is 1.33 bits per heavy atom. The second-order valence-electron chi connectivity index (χ2n) is 6.14. The Morgan fingerprint density at radius 3 is 2.94 bits per heavy atom. The smallest absolute Gasteiger partial charge is 0.0107 e. The van der Waals surface area contributed by atoms with Crippen LogP contribution in [-0.4, -0.2) is 36.6 Å². The third-order valence-electron chi connectivity index (χ3n) is 4.56. The molecule has 0 aromatic heterocycles. The Balaban J connectivity index is 1.76. The van der Waals surface area contributed by atoms with E-state index in [1.54, 1.807) is 0 Å². The first kappa shape index (κ1) is 14.1. The lowest BCUT2D eigenvalue weighted by Gasteiger charge is -2.37. The molecule has 0 amide bonds. The molecule has 0 bridgehead atoms. The molecule has 0 saturated carbocycles. The molecule has 2 rings (SSSR count). The van der Waals surface area contributed by atoms with Gasteiger partial charge in [0.05, 0.1) is 0 Å². The molecule has 2 heteroatoms. The molecular weight excluding hydrogens is 220 g/mol. The summed E-state index contributed by atoms with van der Waals surface area (Å²) < 4.78 is 0. The van der Waals surface area contributed by atoms with Crippen LogP contribution in [0.5, 0.6) is 0 Å². The van der Waals surface area contributed by atoms with Gasteiger partial charge in [0.1, 0.15) is 0 Å². The monoisotopic (exact) mass is 250 g/mol. The van der Waals surface area contributed by atoms with Gasteiger partial charge in [-0.05, 0) is 64.5 Å². The van der Waals surface area contributed by atoms with E-state index in [0.717, 1.165) is 12.0 Å². The number of rotatable bonds is 5. The fourth-order valence-electron chi connectivity index (χ4n) is 3.47. The molecule has 1 N–H and O–H groups in total. The lowest BCUT2D eigenvalue weighted by Crippen LogP contribution is -2.47. The van der Waals surface area contributed by atoms with Crippen molar-refractivity contribution in [3.63, 3.8) is 0 Å². The normalized spacial score (nSPS) is 31.4. The lowest BCUT2D eigenvalue weighted by atomic mass is 9.90. The van der Waals surface area contributed by atoms with Gasteiger partial charge in [-0.3, -0.25) is 0 Å². The summed E-state index contributed by atoms with van der Waals surface area (Å²) in [6.07, 6.45) is 12.6. The zero-order valence-corrected chi connectivity index (χ0v) is 12.2. The number of allylic oxidation sites excluding steroid dienone is 1. The average Bonchev–Trinajstić information content (AvgIpc) is 2.40. The minimum Gasteiger partial charge on any atom is -0.311 e. The number of hydrogen-bond acceptors (Lipinski definition) is 2. The standard InChI is InChI=1S/C16H30N2/c1-3-11-18-12-7-8-15(13-18)14(2)17-16-9-5-4-6-10-16/h4-5,14-17H,3,6-13H2,1-2H3. The molecule has 1 saturated heterocycles. The molecule has 104 valence electrons. The van der Waals surface area contributed by atoms with E-state index in [-0.39, 0.29) is 0 Å². The van der Waals surface area contributed by atoms with E-state index in [2.05, 4.69) is 36.2 Å². The SMILES string of the molecule is CCCN1CCCC(C(C)NC2CC=CCC2)C1. The fourth-order valence-corrected chi connectivity index (χ4v) is 3.47. The van der Waals surface area contributed by atoms with E-state index in [0.29, 0.717) is 6.04 Å². The first-order chi connectivity index (χ1) is 8.79. The number of nitrogens with one attached hydrogen (secondary N) is 1. The summed E-state index contributed by atoms with van der Waals surface area (Å²) in [5.41, 5.74) is 0. The Hall–Kier alpha value is -0.340. The number of hydrogen-bond donors (Lipinski definition) is 1. The summed E-state index contributed by atoms with van der Waals surface area (Å²) in [7, 11) is 0. The third-order valence-corrected chi connectivity index (χ3v) is 4.56. The van der Waals surface area contributed by atoms with Gasteiger partial charge < -0.3 is 10.2 Å². The number of nitrogens with zero attached hydrogens (tertiary/aromatic N) is 1. The Bertz CT molecular complexity index is 260. The minimum atomic E-state index is 0.682. The van der Waals surface area contributed by atoms with Crippen LogP contribution < -0.4 is 5.32 Å². The largest absolute Gasteiger partial charge is 0.311 e. The summed E-state index contributed by atoms with van der Waals surface area (Å²) in [4.78, 5) is 2.66. The predicted molar refractivity (Wildman–Crippen MR) is 78.8 cm³/mol. The van der Waals surface area contributed by atoms with Crippen LogP contribution in [0.3, 0.4) is 0 Å². The van der Waals surface area contributed by atoms with Gasteiger partial charge in [-0.2, -0.15) is 0 Å². The van der Waals surface area contributed by atoms with Gasteiger partial charge in [-0.25, -0.2) is 0 Å². The van der Waals surface area contributed by atoms with Crippen molar-refractivity contribution in [3.05, 3.63) is 12.2 Å². The summed E-state index contributed by atoms with van der Waals surface area (Å²) in [6, 6.07) is 1.41. The first-order valence-corrected chi connectivity index (χ1v) is 7.93. The molecule has 2 nitrogen and oxygen atoms in total. The summed E-state index contributed by atoms with van der Waals surface area (Å²) in [5.74, 6) is 0.858. The quantitative estimate of drug-likeness (QED) is 0.754. The van der Waals surface area contributed by atoms with Crippen molar-refractivity contribution in [1.82, 2.24) is 10.2 Å². The van der Waals surface area contributed by atoms with Gasteiger partial charge in [0.25, 0.3) is 0 Å². The Morgan fingerprint density at radius 2 is 2.22 bits per heavy atom. The highest BCUT2D eigenvalue weighted by Crippen LogP contribution is 2.21. The van der Waals surface area contributed by atoms with E-state index in [1.807, 2.05) is 0 Å². The fraction of sp³-hybridized carbons (Fsp3) is 0.875. The van der Waals surface area contributed by atoms with Crippen LogP contribution >= 0.6 is 0 Å². The summed E-state index contributed by atoms with van der Waals surface area (Å²) in [5, 5.41) is 3.87. The van der Waals surface area contributed by atoms with E-state index in [4.69, 9.17) is 0 Å². The van der Waals surface area contributed by atoms with Gasteiger partial charge in [0.15, 0.2) is 0 Å². The Labute approximate surface area is 113 Å². The highest BCUT2D eigenvalue weighted by molar-refractivity contribution is 4.94. The highest BCUT2D eigenvalue weighted by Gasteiger charge is 2.25. The van der Waals surface area contributed by atoms with E-state index in [9.17, 15) is 0 Å². The van der Waals surface area contributed by atoms with Gasteiger partial charge in [-0.1, -0.05) is 19.1 Å². The third kappa shape index (κ3) is 4.10. The molecule has 2 aliphatic rings. The zero-order valence-electron chi connectivity index (χ0n) is 12.2. The average molecular weight is 250 g/mol. The summed E-state index contributed by atoms with van der Waals surface area (Å²) in [6.45, 7) is 8.61. The minimum absolute atomic E-state index is 0.682. The molecule has 0 aromatic carbocycles. The van der Waals surface area contributed by atoms with Crippen molar-refractivity contribution >= 4 is 0 Å². The molecule has 0 radical (unpaired) electrons. The van der Waals surface area contributed by atoms with Crippen LogP contribution in [0, 0.1) is 5.92 Å². The predicted octanol–water partition coefficient (Wildman–Crippen LogP) is 3.20. The topological polar surface area (TPSA) is 15.3 Å². The molecule has 1 aliphatic heterocycles. The van der Waals surface area contributed by atoms with Crippen LogP contribution in [0.4, 0.5) is 0 Å². The molecule has 18 heavy (non-hydrogen) atoms. The van der Waals surface area contributed by atoms with Crippen LogP contribution in [0.25, 0.3) is 0 Å². The molecular formula is C16H30N2. The van der Waals surface area contributed by atoms with Crippen molar-refractivity contribution in [2.75, 3.05) is 19.6 Å². The number of likely N-dealkylation sites (tertiary alicyclic amines) is 1. The molecule has 0 aromatic rings. The van der Waals surface area contributed by atoms with Gasteiger partial charge in [0.2, 0.25) is 0 Å². The van der Waals surface area contributed by atoms with Crippen LogP contribution in [0.2, 0.25) is 0 Å². The van der Waals surface area contributed by atoms with Gasteiger partial charge in [-0.15, -0.1) is 0 Å². The molecule has 1 aliphatic carbocycles. The van der Waals surface area contributed by atoms with Crippen LogP contribution in [-0.2, 0) is 0 Å². The zero-order chi connectivity index (χ0) is 12.8. The molecule has 3 unspecified atom stereocenters. The Kier molecular flexibility index (Phi) is 5.71. The lowest BCUT2D eigenvalue weighted by molar-refractivity contribution is 0.146. The van der Waals surface area contributed by atoms with Crippen molar-refractivity contribution in [2.45, 2.75) is 64.5 Å². The maximum absolute atomic E-state index is 3.87. The maximum Gasteiger partial charge on any atom is 0.0107 e. The van der Waals surface area contributed by atoms with Crippen molar-refractivity contribution < 1.29 is 0 Å². The second kappa shape index (κ2) is 7.30. The first-order valence-electron chi connectivity index (χ1n) is 7.93. The van der Waals surface area contributed by atoms with Gasteiger partial charge in [0, 0.05) is 18.6 Å². The van der Waals surface area contributed by atoms with E-state index >= 15 is 0 Å². The maximum atomic E-state index is 3.87. The molecule has 1 fully saturated rings. The second-order valence-corrected chi connectivity index (χ2v) is 6.14. The number of piperidine rings is 1. The van der Waals surface area contributed by atoms with Gasteiger partial charge >= 0.3 is 0 Å². The summed E-state index contributed by atoms with van der Waals surface area (Å²) >= 11 is 0. The van der Waals surface area contributed by atoms with Crippen LogP contribution in [0.1, 0.15) is 52.4 Å². The van der Waals surface area contributed by atoms with Crippen LogP contribution in [0.15, 0.2) is 12.2 Å². The highest BCUT2D eigenvalue weighted by atomic mass is 15.1. The van der Waals surface area contributed by atoms with Crippen molar-refractivity contribution in [3.8, 4) is 0 Å². The van der Waals surface area contributed by atoms with E-state index in [1.165, 1.54) is 58.2 Å².